The quantitative estimate of drug-likeness (QED) is 0.429. The Balaban J connectivity index is 2.77. The fourth-order valence-corrected chi connectivity index (χ4v) is 1.74. The van der Waals surface area contributed by atoms with Gasteiger partial charge in [0.15, 0.2) is 0 Å². The number of nitrogens with one attached hydrogen (secondary N) is 1. The van der Waals surface area contributed by atoms with Gasteiger partial charge in [-0.2, -0.15) is 0 Å². The van der Waals surface area contributed by atoms with Crippen LogP contribution in [0.25, 0.3) is 5.57 Å². The van der Waals surface area contributed by atoms with Gasteiger partial charge in [0, 0.05) is 11.1 Å². The minimum atomic E-state index is -0.767. The second-order valence-electron chi connectivity index (χ2n) is 3.56. The maximum Gasteiger partial charge on any atom is 0.261 e. The summed E-state index contributed by atoms with van der Waals surface area (Å²) in [5.74, 6) is -1.99. The number of carbonyl (C=O) groups is 3. The zero-order chi connectivity index (χ0) is 13.3. The molecule has 0 saturated heterocycles. The first-order valence-corrected chi connectivity index (χ1v) is 4.99. The van der Waals surface area contributed by atoms with Crippen LogP contribution < -0.4 is 11.1 Å². The highest BCUT2D eigenvalue weighted by molar-refractivity contribution is 6.32. The second-order valence-corrected chi connectivity index (χ2v) is 3.56. The Morgan fingerprint density at radius 3 is 2.78 bits per heavy atom. The van der Waals surface area contributed by atoms with Gasteiger partial charge in [-0.3, -0.25) is 19.7 Å². The zero-order valence-corrected chi connectivity index (χ0v) is 9.44. The Bertz CT molecular complexity index is 575. The Labute approximate surface area is 102 Å². The van der Waals surface area contributed by atoms with Crippen LogP contribution in [0.2, 0.25) is 0 Å². The fraction of sp³-hybridized carbons (Fsp3) is 0.0833. The predicted octanol–water partition coefficient (Wildman–Crippen LogP) is -0.157. The van der Waals surface area contributed by atoms with Crippen LogP contribution in [-0.2, 0) is 9.53 Å². The molecule has 1 aliphatic heterocycles. The Hall–Kier alpha value is -2.63. The molecule has 91 valence electrons. The summed E-state index contributed by atoms with van der Waals surface area (Å²) in [6.45, 7) is 0. The molecule has 6 nitrogen and oxygen atoms in total. The lowest BCUT2D eigenvalue weighted by Crippen LogP contribution is -2.37. The molecule has 1 radical (unpaired) electrons. The van der Waals surface area contributed by atoms with E-state index in [1.165, 1.54) is 19.2 Å². The normalized spacial score (nSPS) is 16.2. The van der Waals surface area contributed by atoms with Gasteiger partial charge in [0.2, 0.25) is 5.91 Å². The van der Waals surface area contributed by atoms with Gasteiger partial charge in [-0.05, 0) is 12.1 Å². The molecule has 0 bridgehead atoms. The monoisotopic (exact) mass is 245 g/mol. The number of fused-ring (bicyclic) bond motifs is 1. The van der Waals surface area contributed by atoms with E-state index in [1.54, 1.807) is 0 Å². The van der Waals surface area contributed by atoms with Gasteiger partial charge in [-0.15, -0.1) is 0 Å². The van der Waals surface area contributed by atoms with E-state index in [2.05, 4.69) is 11.4 Å². The van der Waals surface area contributed by atoms with Crippen LogP contribution in [0.3, 0.4) is 0 Å². The highest BCUT2D eigenvalue weighted by Crippen LogP contribution is 2.27. The largest absolute Gasteiger partial charge is 0.504 e. The van der Waals surface area contributed by atoms with Crippen molar-refractivity contribution in [2.45, 2.75) is 0 Å². The number of hydrogen-bond acceptors (Lipinski definition) is 4. The third kappa shape index (κ3) is 1.73. The molecule has 3 amide bonds. The Morgan fingerprint density at radius 1 is 1.44 bits per heavy atom. The standard InChI is InChI=1S/C12H9N2O4/c1-18-5-8-9-6(10(13)15)3-2-4-7(9)11(16)14-12(8)17/h2,4-5H,1H3,(H2,13,15)(H,14,16,17). The molecule has 0 atom stereocenters. The van der Waals surface area contributed by atoms with Crippen LogP contribution in [0.4, 0.5) is 0 Å². The number of methoxy groups -OCH3 is 1. The van der Waals surface area contributed by atoms with Crippen molar-refractivity contribution in [3.63, 3.8) is 0 Å². The molecule has 0 spiro atoms. The maximum absolute atomic E-state index is 11.7. The van der Waals surface area contributed by atoms with Crippen molar-refractivity contribution in [1.29, 1.82) is 0 Å². The summed E-state index contributed by atoms with van der Waals surface area (Å²) < 4.78 is 4.78. The van der Waals surface area contributed by atoms with E-state index in [0.717, 1.165) is 6.26 Å². The van der Waals surface area contributed by atoms with Crippen molar-refractivity contribution in [3.8, 4) is 0 Å². The Kier molecular flexibility index (Phi) is 2.85. The Morgan fingerprint density at radius 2 is 2.17 bits per heavy atom. The molecule has 1 aromatic carbocycles. The van der Waals surface area contributed by atoms with Crippen LogP contribution >= 0.6 is 0 Å². The lowest BCUT2D eigenvalue weighted by atomic mass is 9.91. The van der Waals surface area contributed by atoms with Gasteiger partial charge in [0.25, 0.3) is 11.8 Å². The molecule has 6 heteroatoms. The summed E-state index contributed by atoms with van der Waals surface area (Å²) in [5, 5.41) is 2.14. The van der Waals surface area contributed by atoms with Gasteiger partial charge in [-0.25, -0.2) is 0 Å². The molecule has 3 N–H and O–H groups in total. The first-order valence-electron chi connectivity index (χ1n) is 4.99. The van der Waals surface area contributed by atoms with Gasteiger partial charge in [0.05, 0.1) is 24.5 Å². The van der Waals surface area contributed by atoms with Crippen molar-refractivity contribution in [1.82, 2.24) is 5.32 Å². The molecule has 18 heavy (non-hydrogen) atoms. The number of carbonyl (C=O) groups excluding carboxylic acids is 3. The molecular formula is C12H9N2O4. The molecule has 1 aliphatic rings. The number of nitrogens with two attached hydrogens (primary N) is 1. The predicted molar refractivity (Wildman–Crippen MR) is 61.3 cm³/mol. The van der Waals surface area contributed by atoms with Gasteiger partial charge in [0.1, 0.15) is 0 Å². The average Bonchev–Trinajstić information content (AvgIpc) is 2.33. The minimum Gasteiger partial charge on any atom is -0.504 e. The summed E-state index contributed by atoms with van der Waals surface area (Å²) in [6, 6.07) is 5.48. The van der Waals surface area contributed by atoms with E-state index >= 15 is 0 Å². The summed E-state index contributed by atoms with van der Waals surface area (Å²) >= 11 is 0. The van der Waals surface area contributed by atoms with Crippen molar-refractivity contribution < 1.29 is 19.1 Å². The molecule has 0 aliphatic carbocycles. The molecule has 0 unspecified atom stereocenters. The molecule has 1 aromatic rings. The summed E-state index contributed by atoms with van der Waals surface area (Å²) in [4.78, 5) is 34.7. The molecule has 0 fully saturated rings. The van der Waals surface area contributed by atoms with Crippen LogP contribution in [-0.4, -0.2) is 24.8 Å². The molecule has 0 saturated carbocycles. The minimum absolute atomic E-state index is 0.0148. The van der Waals surface area contributed by atoms with Crippen LogP contribution in [0.15, 0.2) is 18.4 Å². The van der Waals surface area contributed by atoms with E-state index in [4.69, 9.17) is 10.5 Å². The zero-order valence-electron chi connectivity index (χ0n) is 9.44. The third-order valence-corrected chi connectivity index (χ3v) is 2.46. The number of rotatable bonds is 2. The van der Waals surface area contributed by atoms with E-state index in [0.29, 0.717) is 0 Å². The SMILES string of the molecule is COC=C1C(=O)NC(=O)c2cc[c]c(C(N)=O)c21. The molecular weight excluding hydrogens is 236 g/mol. The van der Waals surface area contributed by atoms with E-state index < -0.39 is 17.7 Å². The van der Waals surface area contributed by atoms with Crippen molar-refractivity contribution in [3.05, 3.63) is 41.2 Å². The van der Waals surface area contributed by atoms with E-state index in [1.807, 2.05) is 0 Å². The highest BCUT2D eigenvalue weighted by atomic mass is 16.5. The number of ether oxygens (including phenoxy) is 1. The van der Waals surface area contributed by atoms with Crippen molar-refractivity contribution in [2.75, 3.05) is 7.11 Å². The first-order chi connectivity index (χ1) is 8.56. The van der Waals surface area contributed by atoms with Crippen molar-refractivity contribution in [2.24, 2.45) is 5.73 Å². The van der Waals surface area contributed by atoms with Crippen molar-refractivity contribution >= 4 is 23.3 Å². The number of amides is 3. The van der Waals surface area contributed by atoms with Crippen LogP contribution in [0.5, 0.6) is 0 Å². The molecule has 2 rings (SSSR count). The fourth-order valence-electron chi connectivity index (χ4n) is 1.74. The number of primary amides is 1. The molecule has 1 heterocycles. The number of benzene rings is 1. The maximum atomic E-state index is 11.7. The number of hydrogen-bond donors (Lipinski definition) is 2. The summed E-state index contributed by atoms with van der Waals surface area (Å²) in [6.07, 6.45) is 1.15. The lowest BCUT2D eigenvalue weighted by molar-refractivity contribution is -0.114. The second kappa shape index (κ2) is 4.33. The lowest BCUT2D eigenvalue weighted by Gasteiger charge is -2.19. The first kappa shape index (κ1) is 11.8. The third-order valence-electron chi connectivity index (χ3n) is 2.46. The van der Waals surface area contributed by atoms with E-state index in [9.17, 15) is 14.4 Å². The number of imide groups is 1. The van der Waals surface area contributed by atoms with Gasteiger partial charge >= 0.3 is 0 Å². The van der Waals surface area contributed by atoms with E-state index in [-0.39, 0.29) is 22.3 Å². The average molecular weight is 245 g/mol. The van der Waals surface area contributed by atoms with Gasteiger partial charge < -0.3 is 10.5 Å². The molecule has 0 aromatic heterocycles. The van der Waals surface area contributed by atoms with Crippen LogP contribution in [0, 0.1) is 6.07 Å². The highest BCUT2D eigenvalue weighted by Gasteiger charge is 2.31. The summed E-state index contributed by atoms with van der Waals surface area (Å²) in [7, 11) is 1.35. The van der Waals surface area contributed by atoms with Crippen LogP contribution in [0.1, 0.15) is 26.3 Å². The van der Waals surface area contributed by atoms with Gasteiger partial charge in [-0.1, -0.05) is 6.07 Å². The smallest absolute Gasteiger partial charge is 0.261 e. The summed E-state index contributed by atoms with van der Waals surface area (Å²) in [5.41, 5.74) is 5.60. The topological polar surface area (TPSA) is 98.5 Å².